The Morgan fingerprint density at radius 2 is 1.58 bits per heavy atom. The zero-order valence-electron chi connectivity index (χ0n) is 9.81. The summed E-state index contributed by atoms with van der Waals surface area (Å²) in [7, 11) is 0. The van der Waals surface area contributed by atoms with Crippen molar-refractivity contribution in [1.82, 2.24) is 4.57 Å². The average molecular weight is 290 g/mol. The molecule has 19 heavy (non-hydrogen) atoms. The van der Waals surface area contributed by atoms with Crippen LogP contribution in [0.2, 0.25) is 10.2 Å². The molecule has 0 N–H and O–H groups in total. The summed E-state index contributed by atoms with van der Waals surface area (Å²) in [6.45, 7) is 0. The third kappa shape index (κ3) is 2.14. The third-order valence-electron chi connectivity index (χ3n) is 2.97. The lowest BCUT2D eigenvalue weighted by Crippen LogP contribution is -2.18. The van der Waals surface area contributed by atoms with Gasteiger partial charge in [0.2, 0.25) is 0 Å². The fourth-order valence-electron chi connectivity index (χ4n) is 2.06. The summed E-state index contributed by atoms with van der Waals surface area (Å²) in [5.74, 6) is 0. The number of aromatic nitrogens is 1. The number of benzene rings is 2. The molecule has 3 aromatic rings. The molecule has 0 radical (unpaired) electrons. The fraction of sp³-hybridized carbons (Fsp3) is 0. The molecular formula is C15H9Cl2NO. The van der Waals surface area contributed by atoms with Crippen LogP contribution in [0.3, 0.4) is 0 Å². The first-order valence-corrected chi connectivity index (χ1v) is 6.48. The van der Waals surface area contributed by atoms with E-state index < -0.39 is 0 Å². The summed E-state index contributed by atoms with van der Waals surface area (Å²) in [6.07, 6.45) is 0. The van der Waals surface area contributed by atoms with Crippen LogP contribution in [0, 0.1) is 0 Å². The summed E-state index contributed by atoms with van der Waals surface area (Å²) in [4.78, 5) is 12.5. The second-order valence-corrected chi connectivity index (χ2v) is 4.99. The van der Waals surface area contributed by atoms with Crippen LogP contribution in [0.4, 0.5) is 0 Å². The van der Waals surface area contributed by atoms with E-state index in [0.29, 0.717) is 21.2 Å². The molecule has 0 aliphatic rings. The number of fused-ring (bicyclic) bond motifs is 1. The maximum absolute atomic E-state index is 12.5. The van der Waals surface area contributed by atoms with Crippen LogP contribution in [-0.4, -0.2) is 4.57 Å². The molecule has 2 aromatic carbocycles. The topological polar surface area (TPSA) is 22.0 Å². The Hall–Kier alpha value is -1.77. The van der Waals surface area contributed by atoms with Crippen LogP contribution in [0.25, 0.3) is 16.5 Å². The zero-order chi connectivity index (χ0) is 13.4. The van der Waals surface area contributed by atoms with Crippen molar-refractivity contribution in [2.45, 2.75) is 0 Å². The first-order chi connectivity index (χ1) is 9.16. The molecule has 0 aliphatic heterocycles. The van der Waals surface area contributed by atoms with E-state index in [4.69, 9.17) is 23.2 Å². The Morgan fingerprint density at radius 3 is 2.32 bits per heavy atom. The van der Waals surface area contributed by atoms with Gasteiger partial charge in [-0.2, -0.15) is 0 Å². The monoisotopic (exact) mass is 289 g/mol. The average Bonchev–Trinajstić information content (AvgIpc) is 2.41. The first kappa shape index (κ1) is 12.3. The maximum Gasteiger partial charge on any atom is 0.264 e. The largest absolute Gasteiger partial charge is 0.268 e. The molecule has 2 nitrogen and oxygen atoms in total. The van der Waals surface area contributed by atoms with Gasteiger partial charge in [0, 0.05) is 10.4 Å². The van der Waals surface area contributed by atoms with E-state index in [9.17, 15) is 4.79 Å². The second kappa shape index (κ2) is 4.72. The number of pyridine rings is 1. The first-order valence-electron chi connectivity index (χ1n) is 5.73. The van der Waals surface area contributed by atoms with Gasteiger partial charge in [-0.1, -0.05) is 41.4 Å². The van der Waals surface area contributed by atoms with E-state index >= 15 is 0 Å². The van der Waals surface area contributed by atoms with Crippen molar-refractivity contribution in [3.05, 3.63) is 75.1 Å². The van der Waals surface area contributed by atoms with Gasteiger partial charge in [0.15, 0.2) is 0 Å². The van der Waals surface area contributed by atoms with Crippen LogP contribution >= 0.6 is 23.2 Å². The molecule has 0 saturated carbocycles. The van der Waals surface area contributed by atoms with Crippen LogP contribution in [0.15, 0.2) is 59.4 Å². The van der Waals surface area contributed by atoms with Crippen molar-refractivity contribution in [3.8, 4) is 5.69 Å². The molecule has 0 spiro atoms. The highest BCUT2D eigenvalue weighted by Crippen LogP contribution is 2.20. The van der Waals surface area contributed by atoms with Crippen LogP contribution in [-0.2, 0) is 0 Å². The zero-order valence-corrected chi connectivity index (χ0v) is 11.3. The number of hydrogen-bond acceptors (Lipinski definition) is 1. The van der Waals surface area contributed by atoms with Crippen LogP contribution in [0.1, 0.15) is 0 Å². The van der Waals surface area contributed by atoms with Crippen LogP contribution in [0.5, 0.6) is 0 Å². The molecule has 0 bridgehead atoms. The Balaban J connectivity index is 2.35. The normalized spacial score (nSPS) is 10.8. The molecule has 0 saturated heterocycles. The van der Waals surface area contributed by atoms with Gasteiger partial charge < -0.3 is 0 Å². The summed E-state index contributed by atoms with van der Waals surface area (Å²) < 4.78 is 1.47. The van der Waals surface area contributed by atoms with Crippen LogP contribution < -0.4 is 5.56 Å². The number of hydrogen-bond donors (Lipinski definition) is 0. The molecule has 0 unspecified atom stereocenters. The number of halogens is 2. The van der Waals surface area contributed by atoms with Crippen molar-refractivity contribution in [1.29, 1.82) is 0 Å². The lowest BCUT2D eigenvalue weighted by atomic mass is 10.1. The predicted octanol–water partition coefficient (Wildman–Crippen LogP) is 4.30. The lowest BCUT2D eigenvalue weighted by Gasteiger charge is -2.10. The van der Waals surface area contributed by atoms with E-state index in [1.165, 1.54) is 4.57 Å². The summed E-state index contributed by atoms with van der Waals surface area (Å²) in [6, 6.07) is 16.2. The number of rotatable bonds is 1. The standard InChI is InChI=1S/C15H9Cl2NO/c16-11-5-7-12(8-6-11)18-14(17)9-10-3-1-2-4-13(10)15(18)19/h1-9H. The smallest absolute Gasteiger partial charge is 0.264 e. The predicted molar refractivity (Wildman–Crippen MR) is 79.6 cm³/mol. The molecule has 4 heteroatoms. The van der Waals surface area contributed by atoms with E-state index in [0.717, 1.165) is 5.39 Å². The highest BCUT2D eigenvalue weighted by molar-refractivity contribution is 6.31. The van der Waals surface area contributed by atoms with Gasteiger partial charge in [0.1, 0.15) is 5.15 Å². The van der Waals surface area contributed by atoms with E-state index in [1.807, 2.05) is 18.2 Å². The van der Waals surface area contributed by atoms with Crippen molar-refractivity contribution in [2.75, 3.05) is 0 Å². The van der Waals surface area contributed by atoms with E-state index in [-0.39, 0.29) is 5.56 Å². The maximum atomic E-state index is 12.5. The molecule has 94 valence electrons. The lowest BCUT2D eigenvalue weighted by molar-refractivity contribution is 1.01. The molecule has 1 heterocycles. The Bertz CT molecular complexity index is 806. The molecule has 0 fully saturated rings. The second-order valence-electron chi connectivity index (χ2n) is 4.17. The summed E-state index contributed by atoms with van der Waals surface area (Å²) in [5, 5.41) is 2.48. The van der Waals surface area contributed by atoms with Gasteiger partial charge in [-0.05, 0) is 41.8 Å². The molecule has 0 atom stereocenters. The highest BCUT2D eigenvalue weighted by Gasteiger charge is 2.09. The van der Waals surface area contributed by atoms with Gasteiger partial charge in [0.25, 0.3) is 5.56 Å². The van der Waals surface area contributed by atoms with Crippen molar-refractivity contribution >= 4 is 34.0 Å². The Kier molecular flexibility index (Phi) is 3.05. The van der Waals surface area contributed by atoms with Gasteiger partial charge in [-0.3, -0.25) is 9.36 Å². The molecule has 1 aromatic heterocycles. The van der Waals surface area contributed by atoms with Crippen molar-refractivity contribution in [2.24, 2.45) is 0 Å². The van der Waals surface area contributed by atoms with Crippen molar-refractivity contribution < 1.29 is 0 Å². The van der Waals surface area contributed by atoms with Gasteiger partial charge in [-0.15, -0.1) is 0 Å². The third-order valence-corrected chi connectivity index (χ3v) is 3.50. The van der Waals surface area contributed by atoms with Crippen molar-refractivity contribution in [3.63, 3.8) is 0 Å². The SMILES string of the molecule is O=c1c2ccccc2cc(Cl)n1-c1ccc(Cl)cc1. The molecular weight excluding hydrogens is 281 g/mol. The van der Waals surface area contributed by atoms with Gasteiger partial charge >= 0.3 is 0 Å². The Labute approximate surface area is 119 Å². The molecule has 0 aliphatic carbocycles. The summed E-state index contributed by atoms with van der Waals surface area (Å²) in [5.41, 5.74) is 0.565. The molecule has 0 amide bonds. The van der Waals surface area contributed by atoms with E-state index in [1.54, 1.807) is 36.4 Å². The Morgan fingerprint density at radius 1 is 0.895 bits per heavy atom. The minimum absolute atomic E-state index is 0.134. The van der Waals surface area contributed by atoms with Gasteiger partial charge in [-0.25, -0.2) is 0 Å². The minimum atomic E-state index is -0.134. The summed E-state index contributed by atoms with van der Waals surface area (Å²) >= 11 is 12.1. The van der Waals surface area contributed by atoms with E-state index in [2.05, 4.69) is 0 Å². The molecule has 3 rings (SSSR count). The number of nitrogens with zero attached hydrogens (tertiary/aromatic N) is 1. The fourth-order valence-corrected chi connectivity index (χ4v) is 2.48. The minimum Gasteiger partial charge on any atom is -0.268 e. The quantitative estimate of drug-likeness (QED) is 0.612. The highest BCUT2D eigenvalue weighted by atomic mass is 35.5. The van der Waals surface area contributed by atoms with Gasteiger partial charge in [0.05, 0.1) is 5.69 Å².